The maximum atomic E-state index is 12.4. The van der Waals surface area contributed by atoms with Crippen LogP contribution in [-0.4, -0.2) is 42.8 Å². The van der Waals surface area contributed by atoms with Gasteiger partial charge in [0.2, 0.25) is 5.72 Å². The van der Waals surface area contributed by atoms with E-state index in [9.17, 15) is 20.1 Å². The number of hydrogen-bond donors (Lipinski definition) is 5. The van der Waals surface area contributed by atoms with Gasteiger partial charge in [-0.15, -0.1) is 0 Å². The second-order valence-corrected chi connectivity index (χ2v) is 6.53. The predicted molar refractivity (Wildman–Crippen MR) is 90.4 cm³/mol. The normalized spacial score (nSPS) is 38.0. The third-order valence-corrected chi connectivity index (χ3v) is 5.21. The van der Waals surface area contributed by atoms with E-state index >= 15 is 0 Å². The SMILES string of the molecule is Nc1ccn([C@@]23C=C[C@@]2(O)[C@@](O)(c2ccccc2)[C@@](N)(CO)O3)c(=O)n1. The van der Waals surface area contributed by atoms with Crippen molar-refractivity contribution >= 4 is 5.82 Å². The number of aliphatic hydroxyl groups is 3. The van der Waals surface area contributed by atoms with Crippen molar-refractivity contribution in [1.82, 2.24) is 9.55 Å². The zero-order valence-corrected chi connectivity index (χ0v) is 13.6. The quantitative estimate of drug-likeness (QED) is 0.408. The number of hydrogen-bond acceptors (Lipinski definition) is 8. The Labute approximate surface area is 147 Å². The van der Waals surface area contributed by atoms with Gasteiger partial charge in [0.15, 0.2) is 16.9 Å². The van der Waals surface area contributed by atoms with Crippen molar-refractivity contribution in [3.8, 4) is 0 Å². The molecule has 9 nitrogen and oxygen atoms in total. The number of benzene rings is 1. The summed E-state index contributed by atoms with van der Waals surface area (Å²) in [6.45, 7) is -0.818. The second kappa shape index (κ2) is 5.00. The number of nitrogen functional groups attached to an aromatic ring is 1. The maximum absolute atomic E-state index is 12.4. The summed E-state index contributed by atoms with van der Waals surface area (Å²) in [5.74, 6) is -0.00743. The Morgan fingerprint density at radius 2 is 1.85 bits per heavy atom. The molecule has 1 fully saturated rings. The van der Waals surface area contributed by atoms with E-state index < -0.39 is 34.9 Å². The highest BCUT2D eigenvalue weighted by molar-refractivity contribution is 5.47. The first-order valence-corrected chi connectivity index (χ1v) is 7.90. The summed E-state index contributed by atoms with van der Waals surface area (Å²) >= 11 is 0. The van der Waals surface area contributed by atoms with Gasteiger partial charge in [0.05, 0.1) is 6.61 Å². The van der Waals surface area contributed by atoms with Crippen LogP contribution in [0.2, 0.25) is 0 Å². The molecule has 0 unspecified atom stereocenters. The van der Waals surface area contributed by atoms with Crippen LogP contribution >= 0.6 is 0 Å². The molecule has 26 heavy (non-hydrogen) atoms. The Kier molecular flexibility index (Phi) is 3.24. The van der Waals surface area contributed by atoms with Gasteiger partial charge in [0.1, 0.15) is 5.82 Å². The highest BCUT2D eigenvalue weighted by Crippen LogP contribution is 2.62. The van der Waals surface area contributed by atoms with E-state index in [-0.39, 0.29) is 11.4 Å². The molecule has 2 aromatic rings. The van der Waals surface area contributed by atoms with Crippen molar-refractivity contribution in [2.24, 2.45) is 5.73 Å². The van der Waals surface area contributed by atoms with E-state index in [4.69, 9.17) is 16.2 Å². The number of ether oxygens (including phenoxy) is 1. The smallest absolute Gasteiger partial charge is 0.352 e. The van der Waals surface area contributed by atoms with Gasteiger partial charge in [-0.2, -0.15) is 4.98 Å². The molecule has 4 atom stereocenters. The lowest BCUT2D eigenvalue weighted by Crippen LogP contribution is -2.69. The second-order valence-electron chi connectivity index (χ2n) is 6.53. The average molecular weight is 358 g/mol. The molecule has 2 heterocycles. The van der Waals surface area contributed by atoms with Crippen LogP contribution < -0.4 is 17.2 Å². The summed E-state index contributed by atoms with van der Waals surface area (Å²) in [5.41, 5.74) is 2.80. The summed E-state index contributed by atoms with van der Waals surface area (Å²) in [6.07, 6.45) is 3.95. The first kappa shape index (κ1) is 16.9. The molecule has 136 valence electrons. The molecule has 1 aliphatic heterocycles. The number of nitrogens with two attached hydrogens (primary N) is 2. The molecular formula is C17H18N4O5. The van der Waals surface area contributed by atoms with Gasteiger partial charge in [0, 0.05) is 6.20 Å². The minimum Gasteiger partial charge on any atom is -0.392 e. The van der Waals surface area contributed by atoms with Crippen molar-refractivity contribution in [2.45, 2.75) is 22.7 Å². The lowest BCUT2D eigenvalue weighted by molar-refractivity contribution is -0.186. The molecule has 0 spiro atoms. The summed E-state index contributed by atoms with van der Waals surface area (Å²) in [6, 6.07) is 9.46. The molecular weight excluding hydrogens is 340 g/mol. The van der Waals surface area contributed by atoms with Crippen LogP contribution in [0, 0.1) is 0 Å². The fourth-order valence-corrected chi connectivity index (χ4v) is 3.82. The summed E-state index contributed by atoms with van der Waals surface area (Å²) in [4.78, 5) is 16.0. The van der Waals surface area contributed by atoms with Gasteiger partial charge in [-0.25, -0.2) is 4.79 Å². The molecule has 1 aliphatic carbocycles. The van der Waals surface area contributed by atoms with Crippen LogP contribution in [0.1, 0.15) is 5.56 Å². The fraction of sp³-hybridized carbons (Fsp3) is 0.294. The van der Waals surface area contributed by atoms with Gasteiger partial charge >= 0.3 is 5.69 Å². The van der Waals surface area contributed by atoms with Crippen LogP contribution in [0.15, 0.2) is 59.5 Å². The average Bonchev–Trinajstić information content (AvgIpc) is 2.73. The number of aliphatic hydroxyl groups excluding tert-OH is 1. The molecule has 1 saturated heterocycles. The van der Waals surface area contributed by atoms with E-state index in [0.717, 1.165) is 4.57 Å². The maximum Gasteiger partial charge on any atom is 0.352 e. The topological polar surface area (TPSA) is 157 Å². The Morgan fingerprint density at radius 3 is 2.38 bits per heavy atom. The molecule has 0 amide bonds. The number of fused-ring (bicyclic) bond motifs is 1. The van der Waals surface area contributed by atoms with Crippen LogP contribution in [-0.2, 0) is 16.1 Å². The predicted octanol–water partition coefficient (Wildman–Crippen LogP) is -1.66. The van der Waals surface area contributed by atoms with Gasteiger partial charge in [-0.3, -0.25) is 10.3 Å². The van der Waals surface area contributed by atoms with Crippen molar-refractivity contribution in [2.75, 3.05) is 12.3 Å². The Bertz CT molecular complexity index is 963. The van der Waals surface area contributed by atoms with Gasteiger partial charge in [-0.1, -0.05) is 30.3 Å². The number of aromatic nitrogens is 2. The van der Waals surface area contributed by atoms with Crippen molar-refractivity contribution in [3.63, 3.8) is 0 Å². The van der Waals surface area contributed by atoms with E-state index in [2.05, 4.69) is 4.98 Å². The van der Waals surface area contributed by atoms with E-state index in [0.29, 0.717) is 0 Å². The first-order chi connectivity index (χ1) is 12.2. The fourth-order valence-electron chi connectivity index (χ4n) is 3.82. The molecule has 4 rings (SSSR count). The van der Waals surface area contributed by atoms with E-state index in [1.54, 1.807) is 30.3 Å². The Balaban J connectivity index is 1.99. The Hall–Kier alpha value is -2.56. The highest BCUT2D eigenvalue weighted by atomic mass is 16.6. The minimum atomic E-state index is -2.24. The lowest BCUT2D eigenvalue weighted by atomic mass is 9.64. The zero-order valence-electron chi connectivity index (χ0n) is 13.6. The van der Waals surface area contributed by atoms with E-state index in [1.165, 1.54) is 24.4 Å². The van der Waals surface area contributed by atoms with E-state index in [1.807, 2.05) is 0 Å². The number of nitrogens with zero attached hydrogens (tertiary/aromatic N) is 2. The molecule has 9 heteroatoms. The molecule has 7 N–H and O–H groups in total. The van der Waals surface area contributed by atoms with Crippen molar-refractivity contribution in [1.29, 1.82) is 0 Å². The standard InChI is InChI=1S/C17H18N4O5/c18-12-6-9-21(13(23)20-12)16-8-7-14(16,24)17(25,15(19,10-22)26-16)11-4-2-1-3-5-11/h1-9,22,24-25H,10,19H2,(H2,18,20,23)/t14-,15+,16+,17-/m0/s1. The number of anilines is 1. The summed E-state index contributed by atoms with van der Waals surface area (Å²) in [5, 5.41) is 32.8. The Morgan fingerprint density at radius 1 is 1.15 bits per heavy atom. The lowest BCUT2D eigenvalue weighted by Gasteiger charge is -2.49. The molecule has 0 radical (unpaired) electrons. The largest absolute Gasteiger partial charge is 0.392 e. The van der Waals surface area contributed by atoms with Crippen LogP contribution in [0.3, 0.4) is 0 Å². The van der Waals surface area contributed by atoms with Crippen LogP contribution in [0.4, 0.5) is 5.82 Å². The molecule has 0 saturated carbocycles. The molecule has 0 bridgehead atoms. The van der Waals surface area contributed by atoms with Crippen LogP contribution in [0.5, 0.6) is 0 Å². The summed E-state index contributed by atoms with van der Waals surface area (Å²) in [7, 11) is 0. The molecule has 2 aliphatic rings. The molecule has 1 aromatic carbocycles. The highest BCUT2D eigenvalue weighted by Gasteiger charge is 2.81. The monoisotopic (exact) mass is 358 g/mol. The van der Waals surface area contributed by atoms with Crippen molar-refractivity contribution < 1.29 is 20.1 Å². The van der Waals surface area contributed by atoms with Gasteiger partial charge < -0.3 is 25.8 Å². The summed E-state index contributed by atoms with van der Waals surface area (Å²) < 4.78 is 6.78. The van der Waals surface area contributed by atoms with Crippen LogP contribution in [0.25, 0.3) is 0 Å². The third-order valence-electron chi connectivity index (χ3n) is 5.21. The van der Waals surface area contributed by atoms with Crippen molar-refractivity contribution in [3.05, 3.63) is 70.8 Å². The third kappa shape index (κ3) is 1.66. The minimum absolute atomic E-state index is 0.00743. The van der Waals surface area contributed by atoms with Gasteiger partial charge in [0.25, 0.3) is 0 Å². The zero-order chi connectivity index (χ0) is 18.8. The number of rotatable bonds is 3. The van der Waals surface area contributed by atoms with Gasteiger partial charge in [-0.05, 0) is 23.8 Å². The molecule has 1 aromatic heterocycles. The first-order valence-electron chi connectivity index (χ1n) is 7.90.